The smallest absolute Gasteiger partial charge is 0.244 e. The van der Waals surface area contributed by atoms with E-state index in [0.717, 1.165) is 29.8 Å². The first-order valence-electron chi connectivity index (χ1n) is 7.34. The second kappa shape index (κ2) is 8.39. The van der Waals surface area contributed by atoms with Gasteiger partial charge < -0.3 is 11.1 Å². The van der Waals surface area contributed by atoms with Gasteiger partial charge in [-0.05, 0) is 23.8 Å². The highest BCUT2D eigenvalue weighted by Gasteiger charge is 2.18. The number of hydrogen-bond donors (Lipinski definition) is 2. The highest BCUT2D eigenvalue weighted by atomic mass is 35.5. The minimum absolute atomic E-state index is 0.204. The number of rotatable bonds is 6. The molecule has 25 heavy (non-hydrogen) atoms. The Morgan fingerprint density at radius 3 is 2.48 bits per heavy atom. The lowest BCUT2D eigenvalue weighted by molar-refractivity contribution is -0.124. The van der Waals surface area contributed by atoms with E-state index in [0.29, 0.717) is 0 Å². The molecule has 0 fully saturated rings. The van der Waals surface area contributed by atoms with Gasteiger partial charge in [0.05, 0.1) is 5.02 Å². The molecule has 0 heterocycles. The summed E-state index contributed by atoms with van der Waals surface area (Å²) in [7, 11) is 0. The monoisotopic (exact) mass is 364 g/mol. The van der Waals surface area contributed by atoms with Gasteiger partial charge in [-0.15, -0.1) is 0 Å². The van der Waals surface area contributed by atoms with E-state index in [1.807, 2.05) is 6.07 Å². The second-order valence-corrected chi connectivity index (χ2v) is 5.65. The van der Waals surface area contributed by atoms with E-state index in [1.54, 1.807) is 24.3 Å². The van der Waals surface area contributed by atoms with E-state index in [4.69, 9.17) is 17.3 Å². The fourth-order valence-electron chi connectivity index (χ4n) is 2.15. The largest absolute Gasteiger partial charge is 0.368 e. The molecule has 0 bridgehead atoms. The summed E-state index contributed by atoms with van der Waals surface area (Å²) in [5, 5.41) is 2.15. The number of amides is 2. The quantitative estimate of drug-likeness (QED) is 0.611. The zero-order chi connectivity index (χ0) is 18.4. The van der Waals surface area contributed by atoms with Crippen molar-refractivity contribution < 1.29 is 18.4 Å². The second-order valence-electron chi connectivity index (χ2n) is 5.24. The van der Waals surface area contributed by atoms with Crippen LogP contribution in [0.3, 0.4) is 0 Å². The summed E-state index contributed by atoms with van der Waals surface area (Å²) in [6.45, 7) is 0. The predicted octanol–water partition coefficient (Wildman–Crippen LogP) is 2.84. The van der Waals surface area contributed by atoms with Crippen molar-refractivity contribution >= 4 is 29.5 Å². The molecular weight excluding hydrogens is 350 g/mol. The van der Waals surface area contributed by atoms with Crippen LogP contribution in [0.2, 0.25) is 5.02 Å². The third-order valence-electron chi connectivity index (χ3n) is 3.42. The van der Waals surface area contributed by atoms with E-state index >= 15 is 0 Å². The van der Waals surface area contributed by atoms with Crippen LogP contribution >= 0.6 is 11.6 Å². The maximum Gasteiger partial charge on any atom is 0.244 e. The van der Waals surface area contributed by atoms with Crippen LogP contribution in [0.5, 0.6) is 0 Å². The Morgan fingerprint density at radius 1 is 1.16 bits per heavy atom. The first-order chi connectivity index (χ1) is 11.9. The number of nitrogens with one attached hydrogen (secondary N) is 1. The first kappa shape index (κ1) is 18.6. The zero-order valence-electron chi connectivity index (χ0n) is 13.0. The van der Waals surface area contributed by atoms with Crippen molar-refractivity contribution in [1.29, 1.82) is 0 Å². The van der Waals surface area contributed by atoms with Crippen molar-refractivity contribution in [3.05, 3.63) is 76.3 Å². The van der Waals surface area contributed by atoms with Crippen molar-refractivity contribution in [2.45, 2.75) is 12.5 Å². The van der Waals surface area contributed by atoms with E-state index in [2.05, 4.69) is 5.32 Å². The Kier molecular flexibility index (Phi) is 6.25. The SMILES string of the molecule is NC(=O)C(Cc1ccccc1)NC(=O)/C=C/c1c(F)ccc(Cl)c1F. The lowest BCUT2D eigenvalue weighted by Crippen LogP contribution is -2.45. The Balaban J connectivity index is 2.09. The number of carbonyl (C=O) groups is 2. The maximum absolute atomic E-state index is 13.8. The van der Waals surface area contributed by atoms with Crippen molar-refractivity contribution in [1.82, 2.24) is 5.32 Å². The molecule has 2 rings (SSSR count). The molecule has 1 unspecified atom stereocenters. The Morgan fingerprint density at radius 2 is 1.84 bits per heavy atom. The summed E-state index contributed by atoms with van der Waals surface area (Å²) in [5.41, 5.74) is 5.66. The molecule has 2 aromatic carbocycles. The normalized spacial score (nSPS) is 12.1. The number of carbonyl (C=O) groups excluding carboxylic acids is 2. The van der Waals surface area contributed by atoms with Crippen LogP contribution in [0.1, 0.15) is 11.1 Å². The summed E-state index contributed by atoms with van der Waals surface area (Å²) >= 11 is 5.58. The van der Waals surface area contributed by atoms with Gasteiger partial charge in [0, 0.05) is 18.1 Å². The van der Waals surface area contributed by atoms with Gasteiger partial charge >= 0.3 is 0 Å². The average Bonchev–Trinajstić information content (AvgIpc) is 2.58. The minimum Gasteiger partial charge on any atom is -0.368 e. The average molecular weight is 365 g/mol. The third kappa shape index (κ3) is 5.12. The Hall–Kier alpha value is -2.73. The summed E-state index contributed by atoms with van der Waals surface area (Å²) in [6, 6.07) is 10.1. The summed E-state index contributed by atoms with van der Waals surface area (Å²) in [5.74, 6) is -3.26. The molecule has 3 N–H and O–H groups in total. The van der Waals surface area contributed by atoms with Crippen LogP contribution in [-0.2, 0) is 16.0 Å². The molecule has 0 saturated carbocycles. The van der Waals surface area contributed by atoms with Gasteiger partial charge in [-0.2, -0.15) is 0 Å². The highest BCUT2D eigenvalue weighted by Crippen LogP contribution is 2.22. The summed E-state index contributed by atoms with van der Waals surface area (Å²) < 4.78 is 27.4. The maximum atomic E-state index is 13.8. The number of nitrogens with two attached hydrogens (primary N) is 1. The summed E-state index contributed by atoms with van der Waals surface area (Å²) in [4.78, 5) is 23.5. The standard InChI is InChI=1S/C18H15ClF2N2O2/c19-13-7-8-14(20)12(17(13)21)6-9-16(24)23-15(18(22)25)10-11-4-2-1-3-5-11/h1-9,15H,10H2,(H2,22,25)(H,23,24)/b9-6+. The van der Waals surface area contributed by atoms with Gasteiger partial charge in [0.15, 0.2) is 5.82 Å². The van der Waals surface area contributed by atoms with Crippen LogP contribution in [-0.4, -0.2) is 17.9 Å². The van der Waals surface area contributed by atoms with Crippen molar-refractivity contribution in [3.8, 4) is 0 Å². The highest BCUT2D eigenvalue weighted by molar-refractivity contribution is 6.30. The molecule has 0 radical (unpaired) electrons. The zero-order valence-corrected chi connectivity index (χ0v) is 13.8. The Labute approximate surface area is 148 Å². The van der Waals surface area contributed by atoms with E-state index in [-0.39, 0.29) is 11.4 Å². The molecule has 1 atom stereocenters. The topological polar surface area (TPSA) is 72.2 Å². The molecule has 0 saturated heterocycles. The molecule has 2 aromatic rings. The lowest BCUT2D eigenvalue weighted by atomic mass is 10.1. The van der Waals surface area contributed by atoms with Gasteiger partial charge in [-0.3, -0.25) is 9.59 Å². The minimum atomic E-state index is -0.971. The van der Waals surface area contributed by atoms with Gasteiger partial charge in [0.25, 0.3) is 0 Å². The van der Waals surface area contributed by atoms with Crippen molar-refractivity contribution in [2.75, 3.05) is 0 Å². The first-order valence-corrected chi connectivity index (χ1v) is 7.71. The van der Waals surface area contributed by atoms with Crippen LogP contribution in [0.4, 0.5) is 8.78 Å². The van der Waals surface area contributed by atoms with Crippen LogP contribution in [0.25, 0.3) is 6.08 Å². The fourth-order valence-corrected chi connectivity index (χ4v) is 2.31. The molecule has 130 valence electrons. The van der Waals surface area contributed by atoms with Gasteiger partial charge in [-0.25, -0.2) is 8.78 Å². The molecular formula is C18H15ClF2N2O2. The Bertz CT molecular complexity index is 810. The number of benzene rings is 2. The molecule has 0 aliphatic rings. The number of halogens is 3. The lowest BCUT2D eigenvalue weighted by Gasteiger charge is -2.14. The van der Waals surface area contributed by atoms with Crippen molar-refractivity contribution in [2.24, 2.45) is 5.73 Å². The molecule has 4 nitrogen and oxygen atoms in total. The number of hydrogen-bond acceptors (Lipinski definition) is 2. The molecule has 0 aromatic heterocycles. The molecule has 0 aliphatic heterocycles. The third-order valence-corrected chi connectivity index (χ3v) is 3.72. The van der Waals surface area contributed by atoms with Crippen molar-refractivity contribution in [3.63, 3.8) is 0 Å². The van der Waals surface area contributed by atoms with Crippen LogP contribution in [0.15, 0.2) is 48.5 Å². The number of primary amides is 1. The van der Waals surface area contributed by atoms with Gasteiger partial charge in [0.2, 0.25) is 11.8 Å². The van der Waals surface area contributed by atoms with E-state index in [1.165, 1.54) is 0 Å². The molecule has 7 heteroatoms. The predicted molar refractivity (Wildman–Crippen MR) is 91.7 cm³/mol. The van der Waals surface area contributed by atoms with Crippen LogP contribution < -0.4 is 11.1 Å². The summed E-state index contributed by atoms with van der Waals surface area (Å²) in [6.07, 6.45) is 2.07. The van der Waals surface area contributed by atoms with E-state index < -0.39 is 35.1 Å². The van der Waals surface area contributed by atoms with Gasteiger partial charge in [-0.1, -0.05) is 41.9 Å². The molecule has 2 amide bonds. The molecule has 0 spiro atoms. The van der Waals surface area contributed by atoms with Crippen LogP contribution in [0, 0.1) is 11.6 Å². The molecule has 0 aliphatic carbocycles. The van der Waals surface area contributed by atoms with E-state index in [9.17, 15) is 18.4 Å². The fraction of sp³-hybridized carbons (Fsp3) is 0.111. The van der Waals surface area contributed by atoms with Gasteiger partial charge in [0.1, 0.15) is 11.9 Å².